The quantitative estimate of drug-likeness (QED) is 0.423. The Morgan fingerprint density at radius 1 is 0.625 bits per heavy atom. The first kappa shape index (κ1) is 15.5. The van der Waals surface area contributed by atoms with Gasteiger partial charge in [-0.25, -0.2) is 9.97 Å². The molecule has 4 rings (SSSR count). The van der Waals surface area contributed by atoms with Gasteiger partial charge in [-0.1, -0.05) is 58.1 Å². The van der Waals surface area contributed by atoms with Gasteiger partial charge in [-0.05, 0) is 51.0 Å². The minimum absolute atomic E-state index is 1.03. The summed E-state index contributed by atoms with van der Waals surface area (Å²) in [5.74, 6) is 0. The van der Waals surface area contributed by atoms with Crippen molar-refractivity contribution < 1.29 is 0 Å². The lowest BCUT2D eigenvalue weighted by molar-refractivity contribution is 1.37. The zero-order valence-corrected chi connectivity index (χ0v) is 15.8. The number of thiazole rings is 2. The van der Waals surface area contributed by atoms with Crippen LogP contribution >= 0.6 is 22.7 Å². The normalized spacial score (nSPS) is 11.3. The van der Waals surface area contributed by atoms with E-state index in [1.807, 2.05) is 0 Å². The van der Waals surface area contributed by atoms with Gasteiger partial charge in [0.2, 0.25) is 0 Å². The average molecular weight is 351 g/mol. The van der Waals surface area contributed by atoms with Gasteiger partial charge in [-0.3, -0.25) is 0 Å². The summed E-state index contributed by atoms with van der Waals surface area (Å²) in [6.45, 7) is 8.52. The Kier molecular flexibility index (Phi) is 3.74. The minimum atomic E-state index is 1.03. The molecule has 0 spiro atoms. The highest BCUT2D eigenvalue weighted by atomic mass is 32.1. The molecule has 0 fully saturated rings. The third-order valence-corrected chi connectivity index (χ3v) is 6.32. The molecule has 24 heavy (non-hydrogen) atoms. The Morgan fingerprint density at radius 3 is 1.46 bits per heavy atom. The summed E-state index contributed by atoms with van der Waals surface area (Å²) in [4.78, 5) is 11.8. The third kappa shape index (κ3) is 2.66. The molecule has 0 amide bonds. The largest absolute Gasteiger partial charge is 0.223 e. The number of benzene rings is 2. The Balaban J connectivity index is 1.81. The Morgan fingerprint density at radius 2 is 1.04 bits per heavy atom. The Labute approximate surface area is 149 Å². The lowest BCUT2D eigenvalue weighted by Crippen LogP contribution is -1.84. The van der Waals surface area contributed by atoms with E-state index in [-0.39, 0.29) is 0 Å². The highest BCUT2D eigenvalue weighted by molar-refractivity contribution is 7.29. The lowest BCUT2D eigenvalue weighted by atomic mass is 10.1. The van der Waals surface area contributed by atoms with Crippen LogP contribution in [-0.4, -0.2) is 9.97 Å². The molecule has 0 saturated heterocycles. The molecular formula is C20H18N2S2. The fraction of sp³-hybridized carbons (Fsp3) is 0.200. The van der Waals surface area contributed by atoms with Gasteiger partial charge in [0.1, 0.15) is 10.0 Å². The van der Waals surface area contributed by atoms with Gasteiger partial charge in [0.25, 0.3) is 0 Å². The van der Waals surface area contributed by atoms with Crippen LogP contribution in [0.25, 0.3) is 30.8 Å². The maximum absolute atomic E-state index is 4.86. The Hall–Kier alpha value is -2.04. The number of nitrogens with zero attached hydrogens (tertiary/aromatic N) is 2. The topological polar surface area (TPSA) is 25.8 Å². The molecule has 0 saturated carbocycles. The molecule has 0 atom stereocenters. The number of hydrogen-bond acceptors (Lipinski definition) is 4. The van der Waals surface area contributed by atoms with Crippen LogP contribution in [0, 0.1) is 27.7 Å². The first-order chi connectivity index (χ1) is 11.5. The predicted octanol–water partition coefficient (Wildman–Crippen LogP) is 6.32. The molecule has 0 aliphatic rings. The van der Waals surface area contributed by atoms with Gasteiger partial charge < -0.3 is 0 Å². The van der Waals surface area contributed by atoms with Crippen LogP contribution in [-0.2, 0) is 0 Å². The molecule has 2 aromatic carbocycles. The number of aryl methyl sites for hydroxylation is 4. The van der Waals surface area contributed by atoms with Crippen molar-refractivity contribution in [1.82, 2.24) is 9.97 Å². The molecular weight excluding hydrogens is 332 g/mol. The molecule has 0 aliphatic heterocycles. The standard InChI is InChI=1S/C20H18N2S2/c1-11-5-7-13(3)15(9-11)17-21-19-20(23-17)22-18(24-19)16-10-12(2)6-8-14(16)4/h5-10H,1-4H3. The second kappa shape index (κ2) is 5.80. The third-order valence-electron chi connectivity index (χ3n) is 4.22. The van der Waals surface area contributed by atoms with E-state index in [2.05, 4.69) is 64.1 Å². The first-order valence-electron chi connectivity index (χ1n) is 7.94. The van der Waals surface area contributed by atoms with Crippen LogP contribution in [0.15, 0.2) is 36.4 Å². The van der Waals surface area contributed by atoms with E-state index < -0.39 is 0 Å². The predicted molar refractivity (Wildman–Crippen MR) is 105 cm³/mol. The monoisotopic (exact) mass is 350 g/mol. The van der Waals surface area contributed by atoms with Gasteiger partial charge in [-0.2, -0.15) is 0 Å². The van der Waals surface area contributed by atoms with Crippen molar-refractivity contribution in [3.8, 4) is 21.1 Å². The minimum Gasteiger partial charge on any atom is -0.223 e. The molecule has 0 radical (unpaired) electrons. The summed E-state index contributed by atoms with van der Waals surface area (Å²) in [6.07, 6.45) is 0. The summed E-state index contributed by atoms with van der Waals surface area (Å²) < 4.78 is 0. The summed E-state index contributed by atoms with van der Waals surface area (Å²) in [6, 6.07) is 13.0. The number of rotatable bonds is 2. The molecule has 120 valence electrons. The van der Waals surface area contributed by atoms with Crippen molar-refractivity contribution in [2.45, 2.75) is 27.7 Å². The molecule has 4 heteroatoms. The number of aromatic nitrogens is 2. The lowest BCUT2D eigenvalue weighted by Gasteiger charge is -2.04. The average Bonchev–Trinajstić information content (AvgIpc) is 3.10. The van der Waals surface area contributed by atoms with E-state index in [1.165, 1.54) is 33.4 Å². The molecule has 0 aliphatic carbocycles. The molecule has 0 bridgehead atoms. The van der Waals surface area contributed by atoms with Crippen LogP contribution in [0.1, 0.15) is 22.3 Å². The summed E-state index contributed by atoms with van der Waals surface area (Å²) in [7, 11) is 0. The van der Waals surface area contributed by atoms with Crippen LogP contribution in [0.5, 0.6) is 0 Å². The van der Waals surface area contributed by atoms with Gasteiger partial charge in [0.05, 0.1) is 0 Å². The van der Waals surface area contributed by atoms with E-state index >= 15 is 0 Å². The first-order valence-corrected chi connectivity index (χ1v) is 9.57. The van der Waals surface area contributed by atoms with E-state index in [1.54, 1.807) is 22.7 Å². The Bertz CT molecular complexity index is 944. The fourth-order valence-electron chi connectivity index (χ4n) is 2.80. The zero-order chi connectivity index (χ0) is 16.8. The van der Waals surface area contributed by atoms with E-state index in [0.29, 0.717) is 0 Å². The highest BCUT2D eigenvalue weighted by Gasteiger charge is 2.15. The highest BCUT2D eigenvalue weighted by Crippen LogP contribution is 2.38. The van der Waals surface area contributed by atoms with Gasteiger partial charge in [0, 0.05) is 11.1 Å². The van der Waals surface area contributed by atoms with Crippen molar-refractivity contribution >= 4 is 32.3 Å². The zero-order valence-electron chi connectivity index (χ0n) is 14.2. The molecule has 0 N–H and O–H groups in total. The van der Waals surface area contributed by atoms with Crippen molar-refractivity contribution in [3.63, 3.8) is 0 Å². The maximum Gasteiger partial charge on any atom is 0.155 e. The van der Waals surface area contributed by atoms with Gasteiger partial charge in [-0.15, -0.1) is 0 Å². The number of hydrogen-bond donors (Lipinski definition) is 0. The SMILES string of the molecule is Cc1ccc(C)c(-c2nc3sc(-c4cc(C)ccc4C)nc3s2)c1. The van der Waals surface area contributed by atoms with Crippen LogP contribution in [0.2, 0.25) is 0 Å². The molecule has 2 aromatic heterocycles. The van der Waals surface area contributed by atoms with E-state index in [4.69, 9.17) is 9.97 Å². The maximum atomic E-state index is 4.86. The van der Waals surface area contributed by atoms with Crippen LogP contribution in [0.4, 0.5) is 0 Å². The van der Waals surface area contributed by atoms with E-state index in [9.17, 15) is 0 Å². The summed E-state index contributed by atoms with van der Waals surface area (Å²) in [5.41, 5.74) is 7.49. The van der Waals surface area contributed by atoms with Crippen LogP contribution in [0.3, 0.4) is 0 Å². The second-order valence-electron chi connectivity index (χ2n) is 6.29. The molecule has 0 unspecified atom stereocenters. The van der Waals surface area contributed by atoms with Crippen molar-refractivity contribution in [1.29, 1.82) is 0 Å². The summed E-state index contributed by atoms with van der Waals surface area (Å²) >= 11 is 3.37. The van der Waals surface area contributed by atoms with Crippen molar-refractivity contribution in [2.75, 3.05) is 0 Å². The fourth-order valence-corrected chi connectivity index (χ4v) is 5.01. The van der Waals surface area contributed by atoms with E-state index in [0.717, 1.165) is 19.7 Å². The smallest absolute Gasteiger partial charge is 0.155 e. The van der Waals surface area contributed by atoms with Gasteiger partial charge >= 0.3 is 0 Å². The number of fused-ring (bicyclic) bond motifs is 1. The van der Waals surface area contributed by atoms with Gasteiger partial charge in [0.15, 0.2) is 9.66 Å². The molecule has 4 aromatic rings. The van der Waals surface area contributed by atoms with Crippen molar-refractivity contribution in [2.24, 2.45) is 0 Å². The summed E-state index contributed by atoms with van der Waals surface area (Å²) in [5, 5.41) is 2.13. The second-order valence-corrected chi connectivity index (χ2v) is 8.24. The van der Waals surface area contributed by atoms with Crippen molar-refractivity contribution in [3.05, 3.63) is 58.7 Å². The molecule has 2 nitrogen and oxygen atoms in total. The van der Waals surface area contributed by atoms with Crippen LogP contribution < -0.4 is 0 Å². The molecule has 2 heterocycles.